The summed E-state index contributed by atoms with van der Waals surface area (Å²) in [5, 5.41) is 2.41. The molecule has 10 heteroatoms. The first-order chi connectivity index (χ1) is 15.8. The van der Waals surface area contributed by atoms with Crippen molar-refractivity contribution in [2.45, 2.75) is 0 Å². The Kier molecular flexibility index (Phi) is 6.92. The lowest BCUT2D eigenvalue weighted by Gasteiger charge is -2.13. The molecule has 1 aliphatic heterocycles. The molecular weight excluding hydrogens is 532 g/mol. The predicted octanol–water partition coefficient (Wildman–Crippen LogP) is 6.05. The van der Waals surface area contributed by atoms with Gasteiger partial charge < -0.3 is 14.5 Å². The molecule has 2 heterocycles. The number of furan rings is 1. The number of hydrogen-bond donors (Lipinski definition) is 1. The Morgan fingerprint density at radius 1 is 1.18 bits per heavy atom. The fourth-order valence-electron chi connectivity index (χ4n) is 3.05. The van der Waals surface area contributed by atoms with E-state index in [9.17, 15) is 14.4 Å². The van der Waals surface area contributed by atoms with Crippen molar-refractivity contribution < 1.29 is 23.5 Å². The lowest BCUT2D eigenvalue weighted by molar-refractivity contribution is -0.127. The molecule has 0 unspecified atom stereocenters. The third-order valence-electron chi connectivity index (χ3n) is 4.64. The maximum Gasteiger partial charge on any atom is 0.294 e. The second kappa shape index (κ2) is 9.86. The monoisotopic (exact) mass is 546 g/mol. The van der Waals surface area contributed by atoms with Crippen LogP contribution in [0.1, 0.15) is 5.76 Å². The smallest absolute Gasteiger partial charge is 0.294 e. The van der Waals surface area contributed by atoms with Crippen LogP contribution in [0, 0.1) is 0 Å². The van der Waals surface area contributed by atoms with Gasteiger partial charge in [-0.25, -0.2) is 0 Å². The SMILES string of the molecule is COc1ccc(NC(=O)CN2C(=O)S/C(=C/c3ccc(-c4ccc(Br)cc4)o3)C2=O)cc1Cl. The van der Waals surface area contributed by atoms with Gasteiger partial charge >= 0.3 is 0 Å². The Hall–Kier alpha value is -3.01. The van der Waals surface area contributed by atoms with Crippen LogP contribution >= 0.6 is 39.3 Å². The Labute approximate surface area is 206 Å². The van der Waals surface area contributed by atoms with E-state index >= 15 is 0 Å². The zero-order valence-corrected chi connectivity index (χ0v) is 20.3. The summed E-state index contributed by atoms with van der Waals surface area (Å²) in [5.74, 6) is 0.429. The first-order valence-corrected chi connectivity index (χ1v) is 11.6. The molecule has 2 aromatic carbocycles. The van der Waals surface area contributed by atoms with Crippen molar-refractivity contribution in [3.63, 3.8) is 0 Å². The molecule has 0 spiro atoms. The van der Waals surface area contributed by atoms with Crippen LogP contribution in [0.15, 0.2) is 68.4 Å². The number of halogens is 2. The molecule has 33 heavy (non-hydrogen) atoms. The van der Waals surface area contributed by atoms with Gasteiger partial charge in [-0.3, -0.25) is 19.3 Å². The van der Waals surface area contributed by atoms with E-state index in [0.29, 0.717) is 28.0 Å². The van der Waals surface area contributed by atoms with Gasteiger partial charge in [0, 0.05) is 21.8 Å². The van der Waals surface area contributed by atoms with Crippen molar-refractivity contribution in [2.75, 3.05) is 19.0 Å². The molecular formula is C23H16BrClN2O5S. The predicted molar refractivity (Wildman–Crippen MR) is 131 cm³/mol. The first-order valence-electron chi connectivity index (χ1n) is 9.58. The molecule has 168 valence electrons. The van der Waals surface area contributed by atoms with Gasteiger partial charge in [0.05, 0.1) is 17.0 Å². The molecule has 1 aromatic heterocycles. The number of benzene rings is 2. The van der Waals surface area contributed by atoms with E-state index in [1.807, 2.05) is 24.3 Å². The molecule has 1 fully saturated rings. The molecule has 1 saturated heterocycles. The Morgan fingerprint density at radius 3 is 2.64 bits per heavy atom. The summed E-state index contributed by atoms with van der Waals surface area (Å²) in [7, 11) is 1.48. The van der Waals surface area contributed by atoms with Crippen molar-refractivity contribution in [2.24, 2.45) is 0 Å². The highest BCUT2D eigenvalue weighted by atomic mass is 79.9. The summed E-state index contributed by atoms with van der Waals surface area (Å²) in [6, 6.07) is 15.8. The van der Waals surface area contributed by atoms with Crippen LogP contribution in [0.25, 0.3) is 17.4 Å². The Bertz CT molecular complexity index is 1270. The molecule has 0 aliphatic carbocycles. The van der Waals surface area contributed by atoms with Gasteiger partial charge in [-0.15, -0.1) is 0 Å². The van der Waals surface area contributed by atoms with E-state index in [4.69, 9.17) is 20.8 Å². The van der Waals surface area contributed by atoms with Gasteiger partial charge in [-0.05, 0) is 54.2 Å². The normalized spacial score (nSPS) is 14.8. The quantitative estimate of drug-likeness (QED) is 0.378. The molecule has 3 amide bonds. The zero-order valence-electron chi connectivity index (χ0n) is 17.1. The molecule has 0 atom stereocenters. The fourth-order valence-corrected chi connectivity index (χ4v) is 4.39. The summed E-state index contributed by atoms with van der Waals surface area (Å²) >= 11 is 10.2. The highest BCUT2D eigenvalue weighted by Gasteiger charge is 2.36. The maximum atomic E-state index is 12.7. The maximum absolute atomic E-state index is 12.7. The van der Waals surface area contributed by atoms with Crippen molar-refractivity contribution in [3.8, 4) is 17.1 Å². The van der Waals surface area contributed by atoms with E-state index in [1.54, 1.807) is 24.3 Å². The molecule has 4 rings (SSSR count). The minimum atomic E-state index is -0.561. The fraction of sp³-hybridized carbons (Fsp3) is 0.0870. The summed E-state index contributed by atoms with van der Waals surface area (Å²) < 4.78 is 11.8. The number of carbonyl (C=O) groups is 3. The molecule has 7 nitrogen and oxygen atoms in total. The van der Waals surface area contributed by atoms with Crippen LogP contribution in [-0.2, 0) is 9.59 Å². The molecule has 0 bridgehead atoms. The minimum absolute atomic E-state index is 0.178. The van der Waals surface area contributed by atoms with Crippen LogP contribution in [-0.4, -0.2) is 35.6 Å². The van der Waals surface area contributed by atoms with E-state index in [1.165, 1.54) is 19.3 Å². The standard InChI is InChI=1S/C23H16BrClN2O5S/c1-31-19-8-6-15(10-17(19)25)26-21(28)12-27-22(29)20(33-23(27)30)11-16-7-9-18(32-16)13-2-4-14(24)5-3-13/h2-11H,12H2,1H3,(H,26,28)/b20-11+. The number of imide groups is 1. The number of amides is 3. The number of nitrogens with zero attached hydrogens (tertiary/aromatic N) is 1. The summed E-state index contributed by atoms with van der Waals surface area (Å²) in [6.45, 7) is -0.423. The van der Waals surface area contributed by atoms with Crippen molar-refractivity contribution in [1.82, 2.24) is 4.90 Å². The lowest BCUT2D eigenvalue weighted by Crippen LogP contribution is -2.36. The number of hydrogen-bond acceptors (Lipinski definition) is 6. The van der Waals surface area contributed by atoms with Gasteiger partial charge in [0.25, 0.3) is 11.1 Å². The number of carbonyl (C=O) groups excluding carboxylic acids is 3. The van der Waals surface area contributed by atoms with Crippen molar-refractivity contribution in [3.05, 3.63) is 74.8 Å². The summed E-state index contributed by atoms with van der Waals surface area (Å²) in [5.41, 5.74) is 1.30. The second-order valence-electron chi connectivity index (χ2n) is 6.87. The minimum Gasteiger partial charge on any atom is -0.495 e. The largest absolute Gasteiger partial charge is 0.495 e. The van der Waals surface area contributed by atoms with Crippen LogP contribution in [0.5, 0.6) is 5.75 Å². The molecule has 1 N–H and O–H groups in total. The van der Waals surface area contributed by atoms with Gasteiger partial charge in [-0.1, -0.05) is 39.7 Å². The molecule has 0 saturated carbocycles. The molecule has 3 aromatic rings. The number of thioether (sulfide) groups is 1. The van der Waals surface area contributed by atoms with Gasteiger partial charge in [0.15, 0.2) is 0 Å². The number of ether oxygens (including phenoxy) is 1. The van der Waals surface area contributed by atoms with E-state index < -0.39 is 23.6 Å². The number of anilines is 1. The number of nitrogens with one attached hydrogen (secondary N) is 1. The average molecular weight is 548 g/mol. The third-order valence-corrected chi connectivity index (χ3v) is 6.37. The lowest BCUT2D eigenvalue weighted by atomic mass is 10.2. The topological polar surface area (TPSA) is 88.8 Å². The number of rotatable bonds is 6. The zero-order chi connectivity index (χ0) is 23.5. The summed E-state index contributed by atoms with van der Waals surface area (Å²) in [4.78, 5) is 38.5. The second-order valence-corrected chi connectivity index (χ2v) is 9.19. The summed E-state index contributed by atoms with van der Waals surface area (Å²) in [6.07, 6.45) is 1.49. The van der Waals surface area contributed by atoms with Crippen LogP contribution in [0.3, 0.4) is 0 Å². The van der Waals surface area contributed by atoms with Gasteiger partial charge in [0.1, 0.15) is 23.8 Å². The van der Waals surface area contributed by atoms with Crippen molar-refractivity contribution in [1.29, 1.82) is 0 Å². The average Bonchev–Trinajstić information content (AvgIpc) is 3.35. The highest BCUT2D eigenvalue weighted by Crippen LogP contribution is 2.33. The number of methoxy groups -OCH3 is 1. The van der Waals surface area contributed by atoms with Crippen molar-refractivity contribution >= 4 is 68.1 Å². The van der Waals surface area contributed by atoms with Gasteiger partial charge in [-0.2, -0.15) is 0 Å². The van der Waals surface area contributed by atoms with Crippen LogP contribution in [0.4, 0.5) is 10.5 Å². The highest BCUT2D eigenvalue weighted by molar-refractivity contribution is 9.10. The van der Waals surface area contributed by atoms with Gasteiger partial charge in [0.2, 0.25) is 5.91 Å². The molecule has 0 radical (unpaired) electrons. The van der Waals surface area contributed by atoms with E-state index in [-0.39, 0.29) is 4.91 Å². The van der Waals surface area contributed by atoms with Crippen LogP contribution in [0.2, 0.25) is 5.02 Å². The molecule has 1 aliphatic rings. The Balaban J connectivity index is 1.43. The van der Waals surface area contributed by atoms with E-state index in [0.717, 1.165) is 26.7 Å². The van der Waals surface area contributed by atoms with Crippen LogP contribution < -0.4 is 10.1 Å². The Morgan fingerprint density at radius 2 is 1.94 bits per heavy atom. The van der Waals surface area contributed by atoms with E-state index in [2.05, 4.69) is 21.2 Å². The first kappa shape index (κ1) is 23.2. The third kappa shape index (κ3) is 5.32.